The van der Waals surface area contributed by atoms with Crippen LogP contribution < -0.4 is 0 Å². The molecule has 0 aliphatic heterocycles. The summed E-state index contributed by atoms with van der Waals surface area (Å²) in [7, 11) is -3.43. The van der Waals surface area contributed by atoms with Crippen LogP contribution in [0.4, 0.5) is 4.39 Å². The average molecular weight is 354 g/mol. The first kappa shape index (κ1) is 15.4. The first-order valence-electron chi connectivity index (χ1n) is 6.18. The topological polar surface area (TPSA) is 59.9 Å². The maximum atomic E-state index is 14.3. The fraction of sp³-hybridized carbons (Fsp3) is 0.143. The van der Waals surface area contributed by atoms with E-state index in [2.05, 4.69) is 9.97 Å². The number of hydrogen-bond donors (Lipinski definition) is 0. The number of thiophene rings is 1. The Balaban J connectivity index is 2.20. The summed E-state index contributed by atoms with van der Waals surface area (Å²) in [6, 6.07) is 3.94. The van der Waals surface area contributed by atoms with Crippen molar-refractivity contribution in [2.45, 2.75) is 9.92 Å². The molecule has 0 bridgehead atoms. The molecule has 0 spiro atoms. The van der Waals surface area contributed by atoms with Gasteiger partial charge in [0.25, 0.3) is 0 Å². The van der Waals surface area contributed by atoms with Gasteiger partial charge in [0, 0.05) is 22.8 Å². The van der Waals surface area contributed by atoms with E-state index in [-0.39, 0.29) is 4.90 Å². The first-order chi connectivity index (χ1) is 10.4. The highest BCUT2D eigenvalue weighted by Gasteiger charge is 2.17. The standard InChI is InChI=1S/C14H11FN2O2S3/c1-20-14-13-12(16-7-17-14)10(6-21-13)9-4-3-8(5-11(9)15)22(2,18)19/h3-7H,1-2H3. The lowest BCUT2D eigenvalue weighted by Gasteiger charge is -2.04. The number of benzene rings is 1. The molecule has 2 heterocycles. The van der Waals surface area contributed by atoms with Crippen molar-refractivity contribution in [2.75, 3.05) is 12.5 Å². The number of halogens is 1. The Labute approximate surface area is 135 Å². The summed E-state index contributed by atoms with van der Waals surface area (Å²) in [5.41, 5.74) is 1.66. The first-order valence-corrected chi connectivity index (χ1v) is 10.2. The van der Waals surface area contributed by atoms with Gasteiger partial charge in [-0.2, -0.15) is 0 Å². The van der Waals surface area contributed by atoms with Gasteiger partial charge in [-0.15, -0.1) is 23.1 Å². The zero-order valence-electron chi connectivity index (χ0n) is 11.7. The molecule has 114 valence electrons. The second-order valence-corrected chi connectivity index (χ2v) is 8.31. The van der Waals surface area contributed by atoms with Gasteiger partial charge in [0.2, 0.25) is 0 Å². The van der Waals surface area contributed by atoms with Gasteiger partial charge < -0.3 is 0 Å². The Bertz CT molecular complexity index is 967. The molecule has 3 aromatic rings. The van der Waals surface area contributed by atoms with Gasteiger partial charge >= 0.3 is 0 Å². The number of hydrogen-bond acceptors (Lipinski definition) is 6. The number of sulfone groups is 1. The second-order valence-electron chi connectivity index (χ2n) is 4.62. The number of aromatic nitrogens is 2. The van der Waals surface area contributed by atoms with Gasteiger partial charge in [0.1, 0.15) is 17.2 Å². The van der Waals surface area contributed by atoms with Crippen molar-refractivity contribution in [1.29, 1.82) is 0 Å². The highest BCUT2D eigenvalue weighted by atomic mass is 32.2. The zero-order chi connectivity index (χ0) is 15.9. The molecule has 0 atom stereocenters. The second kappa shape index (κ2) is 5.60. The van der Waals surface area contributed by atoms with Crippen LogP contribution in [-0.2, 0) is 9.84 Å². The van der Waals surface area contributed by atoms with Gasteiger partial charge in [-0.1, -0.05) is 6.07 Å². The molecule has 0 unspecified atom stereocenters. The minimum Gasteiger partial charge on any atom is -0.235 e. The summed E-state index contributed by atoms with van der Waals surface area (Å²) in [5, 5.41) is 2.66. The summed E-state index contributed by atoms with van der Waals surface area (Å²) < 4.78 is 38.2. The van der Waals surface area contributed by atoms with Crippen molar-refractivity contribution < 1.29 is 12.8 Å². The molecular formula is C14H11FN2O2S3. The predicted molar refractivity (Wildman–Crippen MR) is 87.7 cm³/mol. The molecule has 0 radical (unpaired) electrons. The van der Waals surface area contributed by atoms with Gasteiger partial charge in [0.15, 0.2) is 9.84 Å². The van der Waals surface area contributed by atoms with Crippen LogP contribution in [0.3, 0.4) is 0 Å². The molecule has 2 aromatic heterocycles. The van der Waals surface area contributed by atoms with Crippen molar-refractivity contribution in [3.63, 3.8) is 0 Å². The van der Waals surface area contributed by atoms with Gasteiger partial charge in [-0.05, 0) is 18.4 Å². The quantitative estimate of drug-likeness (QED) is 0.531. The van der Waals surface area contributed by atoms with E-state index in [1.165, 1.54) is 41.6 Å². The highest BCUT2D eigenvalue weighted by molar-refractivity contribution is 7.98. The average Bonchev–Trinajstić information content (AvgIpc) is 2.90. The summed E-state index contributed by atoms with van der Waals surface area (Å²) in [5.74, 6) is -0.577. The minimum atomic E-state index is -3.43. The van der Waals surface area contributed by atoms with Crippen LogP contribution in [0.15, 0.2) is 39.8 Å². The zero-order valence-corrected chi connectivity index (χ0v) is 14.1. The molecule has 0 saturated heterocycles. The minimum absolute atomic E-state index is 0.0345. The van der Waals surface area contributed by atoms with Crippen molar-refractivity contribution in [3.05, 3.63) is 35.7 Å². The third-order valence-corrected chi connectivity index (χ3v) is 6.08. The van der Waals surface area contributed by atoms with Gasteiger partial charge in [-0.25, -0.2) is 22.8 Å². The van der Waals surface area contributed by atoms with Crippen molar-refractivity contribution >= 4 is 43.2 Å². The molecule has 0 fully saturated rings. The molecule has 0 aliphatic rings. The molecule has 22 heavy (non-hydrogen) atoms. The third-order valence-electron chi connectivity index (χ3n) is 3.17. The Kier molecular flexibility index (Phi) is 3.92. The SMILES string of the molecule is CSc1ncnc2c(-c3ccc(S(C)(=O)=O)cc3F)csc12. The van der Waals surface area contributed by atoms with E-state index in [9.17, 15) is 12.8 Å². The van der Waals surface area contributed by atoms with Crippen LogP contribution in [0, 0.1) is 5.82 Å². The van der Waals surface area contributed by atoms with Crippen molar-refractivity contribution in [2.24, 2.45) is 0 Å². The Hall–Kier alpha value is -1.51. The summed E-state index contributed by atoms with van der Waals surface area (Å²) in [6.07, 6.45) is 4.43. The smallest absolute Gasteiger partial charge is 0.175 e. The molecule has 0 N–H and O–H groups in total. The largest absolute Gasteiger partial charge is 0.235 e. The van der Waals surface area contributed by atoms with Crippen LogP contribution in [0.2, 0.25) is 0 Å². The van der Waals surface area contributed by atoms with E-state index < -0.39 is 15.7 Å². The van der Waals surface area contributed by atoms with Crippen LogP contribution in [0.1, 0.15) is 0 Å². The highest BCUT2D eigenvalue weighted by Crippen LogP contribution is 2.37. The number of thioether (sulfide) groups is 1. The van der Waals surface area contributed by atoms with E-state index in [0.717, 1.165) is 22.0 Å². The van der Waals surface area contributed by atoms with Crippen LogP contribution in [0.25, 0.3) is 21.3 Å². The summed E-state index contributed by atoms with van der Waals surface area (Å²) in [4.78, 5) is 8.40. The van der Waals surface area contributed by atoms with Crippen LogP contribution in [0.5, 0.6) is 0 Å². The number of nitrogens with zero attached hydrogens (tertiary/aromatic N) is 2. The molecule has 1 aromatic carbocycles. The normalized spacial score (nSPS) is 12.0. The monoisotopic (exact) mass is 354 g/mol. The Morgan fingerprint density at radius 2 is 2.00 bits per heavy atom. The van der Waals surface area contributed by atoms with Crippen molar-refractivity contribution in [3.8, 4) is 11.1 Å². The fourth-order valence-electron chi connectivity index (χ4n) is 2.11. The van der Waals surface area contributed by atoms with E-state index in [1.54, 1.807) is 0 Å². The maximum absolute atomic E-state index is 14.3. The maximum Gasteiger partial charge on any atom is 0.175 e. The molecule has 4 nitrogen and oxygen atoms in total. The number of fused-ring (bicyclic) bond motifs is 1. The molecule has 0 saturated carbocycles. The Morgan fingerprint density at radius 3 is 2.64 bits per heavy atom. The lowest BCUT2D eigenvalue weighted by atomic mass is 10.1. The van der Waals surface area contributed by atoms with E-state index in [0.29, 0.717) is 16.6 Å². The van der Waals surface area contributed by atoms with E-state index >= 15 is 0 Å². The fourth-order valence-corrected chi connectivity index (χ4v) is 4.47. The van der Waals surface area contributed by atoms with Gasteiger partial charge in [0.05, 0.1) is 15.1 Å². The molecular weight excluding hydrogens is 343 g/mol. The summed E-state index contributed by atoms with van der Waals surface area (Å²) in [6.45, 7) is 0. The molecule has 8 heteroatoms. The predicted octanol–water partition coefficient (Wildman–Crippen LogP) is 3.62. The van der Waals surface area contributed by atoms with Crippen LogP contribution in [-0.4, -0.2) is 30.9 Å². The summed E-state index contributed by atoms with van der Waals surface area (Å²) >= 11 is 2.95. The van der Waals surface area contributed by atoms with E-state index in [1.807, 2.05) is 11.6 Å². The lowest BCUT2D eigenvalue weighted by molar-refractivity contribution is 0.596. The number of rotatable bonds is 3. The van der Waals surface area contributed by atoms with Gasteiger partial charge in [-0.3, -0.25) is 0 Å². The molecule has 0 amide bonds. The lowest BCUT2D eigenvalue weighted by Crippen LogP contribution is -1.98. The van der Waals surface area contributed by atoms with E-state index in [4.69, 9.17) is 0 Å². The Morgan fingerprint density at radius 1 is 1.23 bits per heavy atom. The third kappa shape index (κ3) is 2.62. The molecule has 3 rings (SSSR count). The van der Waals surface area contributed by atoms with Crippen LogP contribution >= 0.6 is 23.1 Å². The molecule has 0 aliphatic carbocycles. The van der Waals surface area contributed by atoms with Crippen molar-refractivity contribution in [1.82, 2.24) is 9.97 Å².